The van der Waals surface area contributed by atoms with Gasteiger partial charge in [-0.1, -0.05) is 6.92 Å². The van der Waals surface area contributed by atoms with Crippen LogP contribution in [0.2, 0.25) is 0 Å². The monoisotopic (exact) mass is 200 g/mol. The summed E-state index contributed by atoms with van der Waals surface area (Å²) in [6.07, 6.45) is 1.67. The van der Waals surface area contributed by atoms with E-state index in [0.29, 0.717) is 13.2 Å². The van der Waals surface area contributed by atoms with Crippen molar-refractivity contribution >= 4 is 5.97 Å². The number of carbonyl (C=O) groups is 1. The zero-order valence-electron chi connectivity index (χ0n) is 8.62. The first-order valence-corrected chi connectivity index (χ1v) is 5.18. The molecule has 2 heterocycles. The molecule has 3 atom stereocenters. The summed E-state index contributed by atoms with van der Waals surface area (Å²) in [5, 5.41) is 0. The zero-order valence-corrected chi connectivity index (χ0v) is 8.62. The maximum Gasteiger partial charge on any atom is 0.338 e. The van der Waals surface area contributed by atoms with Gasteiger partial charge in [0.25, 0.3) is 0 Å². The van der Waals surface area contributed by atoms with Crippen molar-refractivity contribution in [3.8, 4) is 0 Å². The third-order valence-electron chi connectivity index (χ3n) is 2.87. The standard InChI is InChI=1S/C10H16O4/c1-3-7-5-10(6-13-7)8(14-10)9(11)12-4-2/h7-8H,3-6H2,1-2H3. The SMILES string of the molecule is CCOC(=O)C1OC12COC(CC)C2. The van der Waals surface area contributed by atoms with Crippen LogP contribution in [-0.4, -0.2) is 37.0 Å². The quantitative estimate of drug-likeness (QED) is 0.501. The molecular formula is C10H16O4. The van der Waals surface area contributed by atoms with Crippen LogP contribution in [0, 0.1) is 0 Å². The smallest absolute Gasteiger partial charge is 0.338 e. The van der Waals surface area contributed by atoms with Crippen molar-refractivity contribution in [2.45, 2.75) is 44.5 Å². The fourth-order valence-electron chi connectivity index (χ4n) is 1.97. The fourth-order valence-corrected chi connectivity index (χ4v) is 1.97. The van der Waals surface area contributed by atoms with E-state index in [9.17, 15) is 4.79 Å². The highest BCUT2D eigenvalue weighted by molar-refractivity contribution is 5.79. The van der Waals surface area contributed by atoms with E-state index in [1.807, 2.05) is 0 Å². The van der Waals surface area contributed by atoms with Crippen molar-refractivity contribution in [3.63, 3.8) is 0 Å². The molecule has 0 saturated carbocycles. The van der Waals surface area contributed by atoms with E-state index in [-0.39, 0.29) is 23.8 Å². The molecule has 3 unspecified atom stereocenters. The number of hydrogen-bond acceptors (Lipinski definition) is 4. The molecule has 2 saturated heterocycles. The molecule has 4 heteroatoms. The van der Waals surface area contributed by atoms with Gasteiger partial charge in [0.2, 0.25) is 0 Å². The molecule has 4 nitrogen and oxygen atoms in total. The molecule has 2 aliphatic rings. The van der Waals surface area contributed by atoms with Crippen molar-refractivity contribution in [1.82, 2.24) is 0 Å². The summed E-state index contributed by atoms with van der Waals surface area (Å²) >= 11 is 0. The van der Waals surface area contributed by atoms with Gasteiger partial charge in [-0.05, 0) is 13.3 Å². The van der Waals surface area contributed by atoms with E-state index in [0.717, 1.165) is 12.8 Å². The van der Waals surface area contributed by atoms with Crippen molar-refractivity contribution in [1.29, 1.82) is 0 Å². The molecule has 0 aromatic rings. The second kappa shape index (κ2) is 3.51. The van der Waals surface area contributed by atoms with Gasteiger partial charge in [-0.3, -0.25) is 0 Å². The molecule has 0 radical (unpaired) electrons. The van der Waals surface area contributed by atoms with Gasteiger partial charge in [0.1, 0.15) is 5.60 Å². The molecule has 14 heavy (non-hydrogen) atoms. The van der Waals surface area contributed by atoms with Crippen LogP contribution >= 0.6 is 0 Å². The van der Waals surface area contributed by atoms with E-state index in [1.165, 1.54) is 0 Å². The Labute approximate surface area is 83.5 Å². The minimum Gasteiger partial charge on any atom is -0.464 e. The second-order valence-electron chi connectivity index (χ2n) is 3.86. The number of hydrogen-bond donors (Lipinski definition) is 0. The molecule has 2 rings (SSSR count). The molecule has 80 valence electrons. The number of carbonyl (C=O) groups excluding carboxylic acids is 1. The second-order valence-corrected chi connectivity index (χ2v) is 3.86. The van der Waals surface area contributed by atoms with E-state index in [2.05, 4.69) is 6.92 Å². The first kappa shape index (κ1) is 9.93. The zero-order chi connectivity index (χ0) is 10.2. The van der Waals surface area contributed by atoms with Crippen LogP contribution in [0.5, 0.6) is 0 Å². The molecular weight excluding hydrogens is 184 g/mol. The van der Waals surface area contributed by atoms with E-state index in [4.69, 9.17) is 14.2 Å². The van der Waals surface area contributed by atoms with Crippen molar-refractivity contribution < 1.29 is 19.0 Å². The Morgan fingerprint density at radius 3 is 2.93 bits per heavy atom. The summed E-state index contributed by atoms with van der Waals surface area (Å²) in [5.74, 6) is -0.243. The Balaban J connectivity index is 1.88. The van der Waals surface area contributed by atoms with E-state index in [1.54, 1.807) is 6.92 Å². The average molecular weight is 200 g/mol. The van der Waals surface area contributed by atoms with Gasteiger partial charge in [-0.2, -0.15) is 0 Å². The summed E-state index contributed by atoms with van der Waals surface area (Å²) in [6.45, 7) is 4.82. The number of esters is 1. The maximum absolute atomic E-state index is 11.4. The maximum atomic E-state index is 11.4. The first-order valence-electron chi connectivity index (χ1n) is 5.18. The topological polar surface area (TPSA) is 48.1 Å². The van der Waals surface area contributed by atoms with Gasteiger partial charge in [0, 0.05) is 6.42 Å². The third kappa shape index (κ3) is 1.53. The van der Waals surface area contributed by atoms with Crippen LogP contribution in [0.3, 0.4) is 0 Å². The van der Waals surface area contributed by atoms with Gasteiger partial charge in [0.05, 0.1) is 19.3 Å². The Morgan fingerprint density at radius 1 is 1.57 bits per heavy atom. The van der Waals surface area contributed by atoms with Crippen LogP contribution in [0.1, 0.15) is 26.7 Å². The fraction of sp³-hybridized carbons (Fsp3) is 0.900. The highest BCUT2D eigenvalue weighted by Gasteiger charge is 2.65. The van der Waals surface area contributed by atoms with Gasteiger partial charge >= 0.3 is 5.97 Å². The third-order valence-corrected chi connectivity index (χ3v) is 2.87. The molecule has 1 spiro atoms. The first-order chi connectivity index (χ1) is 6.72. The lowest BCUT2D eigenvalue weighted by Gasteiger charge is -2.02. The Hall–Kier alpha value is -0.610. The van der Waals surface area contributed by atoms with Gasteiger partial charge < -0.3 is 14.2 Å². The summed E-state index contributed by atoms with van der Waals surface area (Å²) in [5.41, 5.74) is -0.340. The van der Waals surface area contributed by atoms with Crippen molar-refractivity contribution in [2.75, 3.05) is 13.2 Å². The predicted molar refractivity (Wildman–Crippen MR) is 48.9 cm³/mol. The minimum atomic E-state index is -0.376. The summed E-state index contributed by atoms with van der Waals surface area (Å²) < 4.78 is 15.8. The normalized spacial score (nSPS) is 40.1. The van der Waals surface area contributed by atoms with Gasteiger partial charge in [0.15, 0.2) is 6.10 Å². The molecule has 0 aromatic carbocycles. The summed E-state index contributed by atoms with van der Waals surface area (Å²) in [7, 11) is 0. The van der Waals surface area contributed by atoms with Crippen LogP contribution in [0.4, 0.5) is 0 Å². The minimum absolute atomic E-state index is 0.243. The highest BCUT2D eigenvalue weighted by Crippen LogP contribution is 2.46. The highest BCUT2D eigenvalue weighted by atomic mass is 16.7. The predicted octanol–water partition coefficient (Wildman–Crippen LogP) is 0.886. The van der Waals surface area contributed by atoms with Crippen LogP contribution < -0.4 is 0 Å². The van der Waals surface area contributed by atoms with Gasteiger partial charge in [-0.15, -0.1) is 0 Å². The molecule has 2 aliphatic heterocycles. The van der Waals surface area contributed by atoms with E-state index < -0.39 is 0 Å². The number of epoxide rings is 1. The molecule has 0 aromatic heterocycles. The van der Waals surface area contributed by atoms with Gasteiger partial charge in [-0.25, -0.2) is 4.79 Å². The largest absolute Gasteiger partial charge is 0.464 e. The van der Waals surface area contributed by atoms with Crippen LogP contribution in [0.25, 0.3) is 0 Å². The lowest BCUT2D eigenvalue weighted by atomic mass is 10.0. The summed E-state index contributed by atoms with van der Waals surface area (Å²) in [6, 6.07) is 0. The van der Waals surface area contributed by atoms with E-state index >= 15 is 0 Å². The molecule has 0 bridgehead atoms. The number of rotatable bonds is 3. The molecule has 2 fully saturated rings. The lowest BCUT2D eigenvalue weighted by molar-refractivity contribution is -0.144. The molecule has 0 aliphatic carbocycles. The Morgan fingerprint density at radius 2 is 2.36 bits per heavy atom. The molecule has 0 amide bonds. The van der Waals surface area contributed by atoms with Crippen molar-refractivity contribution in [3.05, 3.63) is 0 Å². The lowest BCUT2D eigenvalue weighted by Crippen LogP contribution is -2.23. The average Bonchev–Trinajstić information content (AvgIpc) is 2.70. The Kier molecular flexibility index (Phi) is 2.49. The number of ether oxygens (including phenoxy) is 3. The van der Waals surface area contributed by atoms with Crippen LogP contribution in [0.15, 0.2) is 0 Å². The Bertz CT molecular complexity index is 240. The van der Waals surface area contributed by atoms with Crippen molar-refractivity contribution in [2.24, 2.45) is 0 Å². The molecule has 0 N–H and O–H groups in total. The van der Waals surface area contributed by atoms with Crippen LogP contribution in [-0.2, 0) is 19.0 Å². The summed E-state index contributed by atoms with van der Waals surface area (Å²) in [4.78, 5) is 11.4.